The molecule has 0 aliphatic heterocycles. The van der Waals surface area contributed by atoms with Crippen molar-refractivity contribution in [2.75, 3.05) is 12.9 Å². The van der Waals surface area contributed by atoms with Crippen molar-refractivity contribution in [1.29, 1.82) is 0 Å². The summed E-state index contributed by atoms with van der Waals surface area (Å²) in [6.45, 7) is 0.0204. The first-order chi connectivity index (χ1) is 10.2. The van der Waals surface area contributed by atoms with Gasteiger partial charge < -0.3 is 9.84 Å². The van der Waals surface area contributed by atoms with Crippen LogP contribution in [0, 0.1) is 17.7 Å². The summed E-state index contributed by atoms with van der Waals surface area (Å²) in [6.07, 6.45) is 1.98. The molecule has 0 amide bonds. The lowest BCUT2D eigenvalue weighted by Crippen LogP contribution is -1.98. The molecule has 0 aliphatic rings. The fraction of sp³-hybridized carbons (Fsp3) is 0.176. The van der Waals surface area contributed by atoms with Gasteiger partial charge in [0.2, 0.25) is 0 Å². The normalized spacial score (nSPS) is 9.86. The second-order valence-electron chi connectivity index (χ2n) is 4.25. The fourth-order valence-electron chi connectivity index (χ4n) is 1.85. The van der Waals surface area contributed by atoms with Crippen LogP contribution < -0.4 is 4.74 Å². The molecule has 21 heavy (non-hydrogen) atoms. The summed E-state index contributed by atoms with van der Waals surface area (Å²) in [4.78, 5) is 1.04. The number of aliphatic hydroxyl groups excluding tert-OH is 1. The zero-order valence-corrected chi connectivity index (χ0v) is 12.4. The van der Waals surface area contributed by atoms with Gasteiger partial charge in [0.25, 0.3) is 0 Å². The third-order valence-corrected chi connectivity index (χ3v) is 3.51. The molecule has 0 fully saturated rings. The Kier molecular flexibility index (Phi) is 5.68. The molecular formula is C17H15FO2S. The highest BCUT2D eigenvalue weighted by molar-refractivity contribution is 7.98. The molecule has 1 N–H and O–H groups in total. The molecule has 0 atom stereocenters. The predicted octanol–water partition coefficient (Wildman–Crippen LogP) is 3.47. The zero-order chi connectivity index (χ0) is 15.1. The van der Waals surface area contributed by atoms with Crippen LogP contribution >= 0.6 is 11.8 Å². The largest absolute Gasteiger partial charge is 0.488 e. The number of ether oxygens (including phenoxy) is 1. The smallest absolute Gasteiger partial charge is 0.133 e. The third-order valence-electron chi connectivity index (χ3n) is 2.73. The summed E-state index contributed by atoms with van der Waals surface area (Å²) in [5.74, 6) is 5.61. The molecule has 0 spiro atoms. The van der Waals surface area contributed by atoms with Crippen LogP contribution in [0.2, 0.25) is 0 Å². The van der Waals surface area contributed by atoms with Gasteiger partial charge in [-0.1, -0.05) is 24.0 Å². The van der Waals surface area contributed by atoms with Crippen LogP contribution in [0.5, 0.6) is 5.75 Å². The Bertz CT molecular complexity index is 674. The number of thioether (sulfide) groups is 1. The number of para-hydroxylation sites is 1. The van der Waals surface area contributed by atoms with Crippen molar-refractivity contribution in [3.05, 3.63) is 59.4 Å². The van der Waals surface area contributed by atoms with Crippen molar-refractivity contribution in [3.63, 3.8) is 0 Å². The van der Waals surface area contributed by atoms with Crippen LogP contribution in [0.4, 0.5) is 4.39 Å². The Labute approximate surface area is 128 Å². The van der Waals surface area contributed by atoms with E-state index in [-0.39, 0.29) is 19.0 Å². The molecule has 2 aromatic carbocycles. The van der Waals surface area contributed by atoms with Crippen molar-refractivity contribution >= 4 is 11.8 Å². The van der Waals surface area contributed by atoms with E-state index in [4.69, 9.17) is 9.84 Å². The summed E-state index contributed by atoms with van der Waals surface area (Å²) in [5.41, 5.74) is 1.23. The van der Waals surface area contributed by atoms with Crippen molar-refractivity contribution in [2.24, 2.45) is 0 Å². The fourth-order valence-corrected chi connectivity index (χ4v) is 2.39. The molecule has 2 aromatic rings. The highest BCUT2D eigenvalue weighted by Gasteiger charge is 2.04. The standard InChI is InChI=1S/C17H15FO2S/c1-21-17-7-3-2-6-16(17)20-12-14-9-13(5-4-8-19)10-15(18)11-14/h2-3,6-7,9-11,19H,8,12H2,1H3. The number of hydrogen-bond donors (Lipinski definition) is 1. The molecule has 2 rings (SSSR count). The van der Waals surface area contributed by atoms with E-state index in [1.807, 2.05) is 30.5 Å². The molecule has 0 aliphatic carbocycles. The quantitative estimate of drug-likeness (QED) is 0.693. The van der Waals surface area contributed by atoms with E-state index < -0.39 is 0 Å². The zero-order valence-electron chi connectivity index (χ0n) is 11.6. The third kappa shape index (κ3) is 4.52. The molecule has 0 radical (unpaired) electrons. The second-order valence-corrected chi connectivity index (χ2v) is 5.10. The second kappa shape index (κ2) is 7.72. The number of rotatable bonds is 4. The summed E-state index contributed by atoms with van der Waals surface area (Å²) in [7, 11) is 0. The van der Waals surface area contributed by atoms with Crippen LogP contribution in [-0.4, -0.2) is 18.0 Å². The van der Waals surface area contributed by atoms with Crippen LogP contribution in [-0.2, 0) is 6.61 Å². The monoisotopic (exact) mass is 302 g/mol. The molecule has 0 unspecified atom stereocenters. The average molecular weight is 302 g/mol. The van der Waals surface area contributed by atoms with Crippen molar-refractivity contribution in [2.45, 2.75) is 11.5 Å². The first-order valence-corrected chi connectivity index (χ1v) is 7.60. The first-order valence-electron chi connectivity index (χ1n) is 6.38. The van der Waals surface area contributed by atoms with Gasteiger partial charge in [-0.2, -0.15) is 0 Å². The minimum Gasteiger partial charge on any atom is -0.488 e. The predicted molar refractivity (Wildman–Crippen MR) is 82.9 cm³/mol. The van der Waals surface area contributed by atoms with Crippen molar-refractivity contribution in [3.8, 4) is 17.6 Å². The van der Waals surface area contributed by atoms with E-state index in [2.05, 4.69) is 11.8 Å². The molecule has 4 heteroatoms. The minimum absolute atomic E-state index is 0.247. The molecule has 0 saturated carbocycles. The van der Waals surface area contributed by atoms with E-state index in [0.717, 1.165) is 10.6 Å². The van der Waals surface area contributed by atoms with Crippen molar-refractivity contribution in [1.82, 2.24) is 0 Å². The van der Waals surface area contributed by atoms with Gasteiger partial charge in [-0.3, -0.25) is 0 Å². The van der Waals surface area contributed by atoms with E-state index in [9.17, 15) is 4.39 Å². The molecular weight excluding hydrogens is 287 g/mol. The highest BCUT2D eigenvalue weighted by atomic mass is 32.2. The van der Waals surface area contributed by atoms with Gasteiger partial charge in [0.05, 0.1) is 0 Å². The highest BCUT2D eigenvalue weighted by Crippen LogP contribution is 2.27. The maximum atomic E-state index is 13.5. The molecule has 0 bridgehead atoms. The summed E-state index contributed by atoms with van der Waals surface area (Å²) in [6, 6.07) is 12.2. The summed E-state index contributed by atoms with van der Waals surface area (Å²) >= 11 is 1.60. The summed E-state index contributed by atoms with van der Waals surface area (Å²) in [5, 5.41) is 8.68. The van der Waals surface area contributed by atoms with Crippen LogP contribution in [0.1, 0.15) is 11.1 Å². The average Bonchev–Trinajstić information content (AvgIpc) is 2.50. The van der Waals surface area contributed by atoms with Crippen LogP contribution in [0.25, 0.3) is 0 Å². The van der Waals surface area contributed by atoms with E-state index >= 15 is 0 Å². The van der Waals surface area contributed by atoms with Crippen molar-refractivity contribution < 1.29 is 14.2 Å². The van der Waals surface area contributed by atoms with Gasteiger partial charge in [0, 0.05) is 10.5 Å². The number of benzene rings is 2. The Hall–Kier alpha value is -1.96. The molecule has 0 heterocycles. The maximum Gasteiger partial charge on any atom is 0.133 e. The van der Waals surface area contributed by atoms with Gasteiger partial charge in [-0.15, -0.1) is 11.8 Å². The van der Waals surface area contributed by atoms with Crippen LogP contribution in [0.3, 0.4) is 0 Å². The topological polar surface area (TPSA) is 29.5 Å². The van der Waals surface area contributed by atoms with Crippen LogP contribution in [0.15, 0.2) is 47.4 Å². The number of hydrogen-bond acceptors (Lipinski definition) is 3. The Morgan fingerprint density at radius 1 is 1.24 bits per heavy atom. The minimum atomic E-state index is -0.364. The Morgan fingerprint density at radius 2 is 2.05 bits per heavy atom. The lowest BCUT2D eigenvalue weighted by molar-refractivity contribution is 0.298. The molecule has 108 valence electrons. The Morgan fingerprint density at radius 3 is 2.81 bits per heavy atom. The first kappa shape index (κ1) is 15.4. The lowest BCUT2D eigenvalue weighted by atomic mass is 10.1. The van der Waals surface area contributed by atoms with Gasteiger partial charge in [0.1, 0.15) is 24.8 Å². The lowest BCUT2D eigenvalue weighted by Gasteiger charge is -2.10. The van der Waals surface area contributed by atoms with Gasteiger partial charge in [-0.05, 0) is 42.2 Å². The van der Waals surface area contributed by atoms with Gasteiger partial charge in [-0.25, -0.2) is 4.39 Å². The molecule has 0 aromatic heterocycles. The molecule has 2 nitrogen and oxygen atoms in total. The maximum absolute atomic E-state index is 13.5. The molecule has 0 saturated heterocycles. The van der Waals surface area contributed by atoms with E-state index in [0.29, 0.717) is 11.1 Å². The summed E-state index contributed by atoms with van der Waals surface area (Å²) < 4.78 is 19.3. The Balaban J connectivity index is 2.14. The van der Waals surface area contributed by atoms with E-state index in [1.165, 1.54) is 12.1 Å². The number of halogens is 1. The number of aliphatic hydroxyl groups is 1. The van der Waals surface area contributed by atoms with Gasteiger partial charge in [0.15, 0.2) is 0 Å². The van der Waals surface area contributed by atoms with E-state index in [1.54, 1.807) is 17.8 Å². The van der Waals surface area contributed by atoms with Gasteiger partial charge >= 0.3 is 0 Å². The SMILES string of the molecule is CSc1ccccc1OCc1cc(F)cc(C#CCO)c1.